The third-order valence-corrected chi connectivity index (χ3v) is 3.73. The molecule has 0 aromatic rings. The van der Waals surface area contributed by atoms with Crippen LogP contribution in [-0.4, -0.2) is 22.3 Å². The van der Waals surface area contributed by atoms with Crippen molar-refractivity contribution in [1.29, 1.82) is 0 Å². The first-order chi connectivity index (χ1) is 10.2. The summed E-state index contributed by atoms with van der Waals surface area (Å²) in [7, 11) is 0. The molecule has 0 aliphatic rings. The summed E-state index contributed by atoms with van der Waals surface area (Å²) < 4.78 is 0. The number of hydrogen-bond donors (Lipinski definition) is 2. The third-order valence-electron chi connectivity index (χ3n) is 3.73. The van der Waals surface area contributed by atoms with E-state index in [1.165, 1.54) is 25.7 Å². The zero-order valence-corrected chi connectivity index (χ0v) is 17.4. The maximum Gasteiger partial charge on any atom is 0.303 e. The van der Waals surface area contributed by atoms with Gasteiger partial charge in [-0.25, -0.2) is 0 Å². The Morgan fingerprint density at radius 3 is 2.27 bits per heavy atom. The maximum absolute atomic E-state index is 10.3. The Morgan fingerprint density at radius 2 is 1.59 bits per heavy atom. The summed E-state index contributed by atoms with van der Waals surface area (Å²) >= 11 is 0. The molecular weight excluding hydrogens is 330 g/mol. The number of aliphatic carboxylic acids is 1. The van der Waals surface area contributed by atoms with Gasteiger partial charge in [0.25, 0.3) is 0 Å². The molecule has 1 atom stereocenters. The summed E-state index contributed by atoms with van der Waals surface area (Å²) in [5.74, 6) is -0.689. The molecule has 22 heavy (non-hydrogen) atoms. The summed E-state index contributed by atoms with van der Waals surface area (Å²) in [5, 5.41) is 18.3. The van der Waals surface area contributed by atoms with Gasteiger partial charge in [0.2, 0.25) is 0 Å². The van der Waals surface area contributed by atoms with Gasteiger partial charge in [-0.2, -0.15) is 0 Å². The molecule has 0 saturated heterocycles. The molecule has 0 heterocycles. The Kier molecular flexibility index (Phi) is 20.6. The number of aliphatic hydroxyl groups excluding tert-OH is 1. The molecule has 2 N–H and O–H groups in total. The molecule has 126 valence electrons. The monoisotopic (exact) mass is 362 g/mol. The van der Waals surface area contributed by atoms with Crippen LogP contribution in [0.15, 0.2) is 12.2 Å². The fraction of sp³-hybridized carbons (Fsp3) is 0.833. The fourth-order valence-corrected chi connectivity index (χ4v) is 2.36. The van der Waals surface area contributed by atoms with Gasteiger partial charge in [0.05, 0.1) is 6.10 Å². The van der Waals surface area contributed by atoms with Crippen molar-refractivity contribution in [2.45, 2.75) is 96.5 Å². The number of hydrogen-bond acceptors (Lipinski definition) is 2. The summed E-state index contributed by atoms with van der Waals surface area (Å²) in [6.07, 6.45) is 17.4. The van der Waals surface area contributed by atoms with Crippen molar-refractivity contribution < 1.29 is 34.5 Å². The van der Waals surface area contributed by atoms with Crippen molar-refractivity contribution in [3.63, 3.8) is 0 Å². The van der Waals surface area contributed by atoms with Gasteiger partial charge in [0.1, 0.15) is 0 Å². The molecule has 0 saturated carbocycles. The van der Waals surface area contributed by atoms with Gasteiger partial charge < -0.3 is 10.2 Å². The van der Waals surface area contributed by atoms with Gasteiger partial charge in [-0.1, -0.05) is 64.0 Å². The largest absolute Gasteiger partial charge is 0.481 e. The van der Waals surface area contributed by atoms with Crippen LogP contribution < -0.4 is 0 Å². The Hall–Kier alpha value is -0.207. The van der Waals surface area contributed by atoms with E-state index in [1.54, 1.807) is 0 Å². The molecule has 0 amide bonds. The second kappa shape index (κ2) is 18.8. The summed E-state index contributed by atoms with van der Waals surface area (Å²) in [4.78, 5) is 10.3. The molecule has 0 aromatic carbocycles. The van der Waals surface area contributed by atoms with E-state index in [0.717, 1.165) is 51.4 Å². The van der Waals surface area contributed by atoms with Crippen molar-refractivity contribution in [2.75, 3.05) is 0 Å². The van der Waals surface area contributed by atoms with E-state index in [4.69, 9.17) is 5.11 Å². The molecule has 0 spiro atoms. The molecule has 0 aliphatic heterocycles. The molecule has 3 nitrogen and oxygen atoms in total. The van der Waals surface area contributed by atoms with Crippen LogP contribution in [0, 0.1) is 0 Å². The van der Waals surface area contributed by atoms with Gasteiger partial charge >= 0.3 is 5.97 Å². The molecule has 1 unspecified atom stereocenters. The van der Waals surface area contributed by atoms with Gasteiger partial charge in [0, 0.05) is 25.9 Å². The number of carboxylic acid groups (broad SMARTS) is 1. The van der Waals surface area contributed by atoms with Crippen LogP contribution in [0.1, 0.15) is 90.4 Å². The molecule has 0 aliphatic carbocycles. The van der Waals surface area contributed by atoms with Crippen molar-refractivity contribution in [3.05, 3.63) is 12.2 Å². The van der Waals surface area contributed by atoms with E-state index in [1.807, 2.05) is 0 Å². The molecule has 0 radical (unpaired) electrons. The number of allylic oxidation sites excluding steroid dienone is 1. The SMILES string of the molecule is CCCCCCC(O)CC=CCCCCCCCC(=O)O.[Zn]. The quantitative estimate of drug-likeness (QED) is 0.242. The first-order valence-electron chi connectivity index (χ1n) is 8.71. The van der Waals surface area contributed by atoms with E-state index in [-0.39, 0.29) is 25.6 Å². The number of rotatable bonds is 15. The van der Waals surface area contributed by atoms with Crippen molar-refractivity contribution >= 4 is 5.97 Å². The number of carboxylic acids is 1. The normalized spacial score (nSPS) is 12.3. The van der Waals surface area contributed by atoms with Crippen LogP contribution in [-0.2, 0) is 24.3 Å². The summed E-state index contributed by atoms with van der Waals surface area (Å²) in [6, 6.07) is 0. The van der Waals surface area contributed by atoms with Crippen molar-refractivity contribution in [3.8, 4) is 0 Å². The van der Waals surface area contributed by atoms with Gasteiger partial charge in [-0.3, -0.25) is 4.79 Å². The van der Waals surface area contributed by atoms with Gasteiger partial charge in [0.15, 0.2) is 0 Å². The zero-order valence-electron chi connectivity index (χ0n) is 14.4. The minimum absolute atomic E-state index is 0. The van der Waals surface area contributed by atoms with Crippen LogP contribution in [0.2, 0.25) is 0 Å². The van der Waals surface area contributed by atoms with Crippen molar-refractivity contribution in [2.24, 2.45) is 0 Å². The standard InChI is InChI=1S/C18H34O3.Zn/c1-2-3-4-11-14-17(19)15-12-9-7-5-6-8-10-13-16-18(20)21;/h9,12,17,19H,2-8,10-11,13-16H2,1H3,(H,20,21);. The second-order valence-electron chi connectivity index (χ2n) is 5.91. The molecule has 0 bridgehead atoms. The molecule has 0 fully saturated rings. The van der Waals surface area contributed by atoms with E-state index in [2.05, 4.69) is 19.1 Å². The van der Waals surface area contributed by atoms with Crippen LogP contribution in [0.25, 0.3) is 0 Å². The van der Waals surface area contributed by atoms with Crippen LogP contribution in [0.5, 0.6) is 0 Å². The molecule has 0 rings (SSSR count). The first kappa shape index (κ1) is 24.1. The summed E-state index contributed by atoms with van der Waals surface area (Å²) in [5.41, 5.74) is 0. The van der Waals surface area contributed by atoms with Crippen LogP contribution in [0.4, 0.5) is 0 Å². The van der Waals surface area contributed by atoms with Crippen LogP contribution >= 0.6 is 0 Å². The molecule has 4 heteroatoms. The maximum atomic E-state index is 10.3. The van der Waals surface area contributed by atoms with E-state index in [0.29, 0.717) is 6.42 Å². The number of carbonyl (C=O) groups is 1. The average Bonchev–Trinajstić information content (AvgIpc) is 2.45. The van der Waals surface area contributed by atoms with Gasteiger partial charge in [-0.05, 0) is 32.1 Å². The topological polar surface area (TPSA) is 57.5 Å². The minimum Gasteiger partial charge on any atom is -0.481 e. The smallest absolute Gasteiger partial charge is 0.303 e. The predicted octanol–water partition coefficient (Wildman–Crippen LogP) is 5.08. The fourth-order valence-electron chi connectivity index (χ4n) is 2.36. The van der Waals surface area contributed by atoms with Gasteiger partial charge in [-0.15, -0.1) is 0 Å². The minimum atomic E-state index is -0.689. The Morgan fingerprint density at radius 1 is 0.955 bits per heavy atom. The first-order valence-corrected chi connectivity index (χ1v) is 8.71. The third kappa shape index (κ3) is 19.8. The van der Waals surface area contributed by atoms with Crippen LogP contribution in [0.3, 0.4) is 0 Å². The predicted molar refractivity (Wildman–Crippen MR) is 88.5 cm³/mol. The number of unbranched alkanes of at least 4 members (excludes halogenated alkanes) is 8. The average molecular weight is 364 g/mol. The molecule has 0 aromatic heterocycles. The Labute approximate surface area is 149 Å². The second-order valence-corrected chi connectivity index (χ2v) is 5.91. The zero-order chi connectivity index (χ0) is 15.8. The Balaban J connectivity index is 0. The molecular formula is C18H34O3Zn. The number of aliphatic hydroxyl groups is 1. The van der Waals surface area contributed by atoms with E-state index >= 15 is 0 Å². The Bertz CT molecular complexity index is 267. The van der Waals surface area contributed by atoms with E-state index in [9.17, 15) is 9.90 Å². The summed E-state index contributed by atoms with van der Waals surface area (Å²) in [6.45, 7) is 2.20. The van der Waals surface area contributed by atoms with E-state index < -0.39 is 5.97 Å². The van der Waals surface area contributed by atoms with Crippen molar-refractivity contribution in [1.82, 2.24) is 0 Å².